The van der Waals surface area contributed by atoms with Crippen molar-refractivity contribution in [3.63, 3.8) is 0 Å². The molecule has 0 spiro atoms. The molecule has 4 nitrogen and oxygen atoms in total. The molecule has 0 saturated carbocycles. The summed E-state index contributed by atoms with van der Waals surface area (Å²) in [4.78, 5) is 13.2. The lowest BCUT2D eigenvalue weighted by Crippen LogP contribution is -2.15. The minimum atomic E-state index is -0.460. The van der Waals surface area contributed by atoms with Gasteiger partial charge in [-0.2, -0.15) is 0 Å². The fourth-order valence-electron chi connectivity index (χ4n) is 2.24. The number of hydrogen-bond acceptors (Lipinski definition) is 5. The van der Waals surface area contributed by atoms with Crippen LogP contribution in [0.2, 0.25) is 0 Å². The van der Waals surface area contributed by atoms with E-state index >= 15 is 0 Å². The maximum atomic E-state index is 13.4. The van der Waals surface area contributed by atoms with E-state index in [0.29, 0.717) is 30.5 Å². The number of hydrogen-bond donors (Lipinski definition) is 0. The van der Waals surface area contributed by atoms with Crippen LogP contribution in [0, 0.1) is 5.82 Å². The second kappa shape index (κ2) is 6.91. The number of Topliss-reactive ketones (excluding diaryl/α,β-unsaturated/α-hetero) is 1. The summed E-state index contributed by atoms with van der Waals surface area (Å²) in [7, 11) is 1.46. The van der Waals surface area contributed by atoms with Crippen LogP contribution in [0.4, 0.5) is 4.39 Å². The molecule has 2 aromatic carbocycles. The van der Waals surface area contributed by atoms with Crippen molar-refractivity contribution in [1.82, 2.24) is 0 Å². The van der Waals surface area contributed by atoms with E-state index in [1.807, 2.05) is 18.2 Å². The zero-order valence-corrected chi connectivity index (χ0v) is 13.3. The molecule has 2 aromatic rings. The van der Waals surface area contributed by atoms with Gasteiger partial charge in [0.15, 0.2) is 17.3 Å². The van der Waals surface area contributed by atoms with E-state index in [0.717, 1.165) is 4.90 Å². The molecule has 0 N–H and O–H groups in total. The number of ketones is 1. The number of halogens is 1. The van der Waals surface area contributed by atoms with E-state index in [9.17, 15) is 9.18 Å². The molecule has 0 atom stereocenters. The molecule has 120 valence electrons. The van der Waals surface area contributed by atoms with E-state index in [1.54, 1.807) is 0 Å². The average Bonchev–Trinajstić information content (AvgIpc) is 2.59. The highest BCUT2D eigenvalue weighted by molar-refractivity contribution is 8.00. The molecule has 0 unspecified atom stereocenters. The highest BCUT2D eigenvalue weighted by Gasteiger charge is 2.16. The molecule has 0 fully saturated rings. The Kier molecular flexibility index (Phi) is 4.71. The van der Waals surface area contributed by atoms with Gasteiger partial charge in [0.2, 0.25) is 0 Å². The highest BCUT2D eigenvalue weighted by atomic mass is 32.2. The summed E-state index contributed by atoms with van der Waals surface area (Å²) in [5, 5.41) is 0. The summed E-state index contributed by atoms with van der Waals surface area (Å²) in [5.41, 5.74) is 0.248. The van der Waals surface area contributed by atoms with Crippen LogP contribution >= 0.6 is 11.8 Å². The number of rotatable bonds is 5. The number of ether oxygens (including phenoxy) is 3. The largest absolute Gasteiger partial charge is 0.496 e. The van der Waals surface area contributed by atoms with Crippen LogP contribution in [0.5, 0.6) is 17.2 Å². The Morgan fingerprint density at radius 1 is 1.17 bits per heavy atom. The molecule has 1 aliphatic heterocycles. The summed E-state index contributed by atoms with van der Waals surface area (Å²) in [6, 6.07) is 9.46. The fourth-order valence-corrected chi connectivity index (χ4v) is 3.05. The van der Waals surface area contributed by atoms with Crippen molar-refractivity contribution >= 4 is 17.5 Å². The summed E-state index contributed by atoms with van der Waals surface area (Å²) in [6.07, 6.45) is 0. The van der Waals surface area contributed by atoms with Crippen LogP contribution in [0.25, 0.3) is 0 Å². The molecule has 0 bridgehead atoms. The molecular formula is C17H15FO4S. The monoisotopic (exact) mass is 334 g/mol. The van der Waals surface area contributed by atoms with Gasteiger partial charge in [-0.15, -0.1) is 11.8 Å². The van der Waals surface area contributed by atoms with E-state index in [4.69, 9.17) is 14.2 Å². The molecule has 0 amide bonds. The van der Waals surface area contributed by atoms with Crippen LogP contribution < -0.4 is 14.2 Å². The third-order valence-electron chi connectivity index (χ3n) is 3.35. The first-order chi connectivity index (χ1) is 11.2. The number of benzene rings is 2. The van der Waals surface area contributed by atoms with Crippen LogP contribution in [-0.2, 0) is 0 Å². The van der Waals surface area contributed by atoms with E-state index in [-0.39, 0.29) is 17.1 Å². The Hall–Kier alpha value is -2.21. The first kappa shape index (κ1) is 15.7. The lowest BCUT2D eigenvalue weighted by molar-refractivity contribution is 0.101. The number of thioether (sulfide) groups is 1. The van der Waals surface area contributed by atoms with Crippen molar-refractivity contribution < 1.29 is 23.4 Å². The van der Waals surface area contributed by atoms with Gasteiger partial charge < -0.3 is 14.2 Å². The third-order valence-corrected chi connectivity index (χ3v) is 4.34. The highest BCUT2D eigenvalue weighted by Crippen LogP contribution is 2.34. The second-order valence-corrected chi connectivity index (χ2v) is 5.91. The zero-order valence-electron chi connectivity index (χ0n) is 12.5. The lowest BCUT2D eigenvalue weighted by Gasteiger charge is -2.18. The lowest BCUT2D eigenvalue weighted by atomic mass is 10.1. The molecular weight excluding hydrogens is 319 g/mol. The van der Waals surface area contributed by atoms with Gasteiger partial charge in [-0.1, -0.05) is 0 Å². The maximum absolute atomic E-state index is 13.4. The quantitative estimate of drug-likeness (QED) is 0.618. The van der Waals surface area contributed by atoms with E-state index in [2.05, 4.69) is 0 Å². The molecule has 1 heterocycles. The zero-order chi connectivity index (χ0) is 16.2. The fraction of sp³-hybridized carbons (Fsp3) is 0.235. The van der Waals surface area contributed by atoms with E-state index in [1.165, 1.54) is 37.1 Å². The number of methoxy groups -OCH3 is 1. The van der Waals surface area contributed by atoms with Gasteiger partial charge in [-0.3, -0.25) is 4.79 Å². The van der Waals surface area contributed by atoms with E-state index < -0.39 is 5.82 Å². The van der Waals surface area contributed by atoms with Crippen LogP contribution in [0.3, 0.4) is 0 Å². The van der Waals surface area contributed by atoms with Crippen LogP contribution in [0.15, 0.2) is 41.3 Å². The summed E-state index contributed by atoms with van der Waals surface area (Å²) >= 11 is 1.36. The predicted octanol–water partition coefficient (Wildman–Crippen LogP) is 3.58. The Balaban J connectivity index is 1.71. The Bertz CT molecular complexity index is 733. The van der Waals surface area contributed by atoms with Crippen LogP contribution in [-0.4, -0.2) is 31.9 Å². The Morgan fingerprint density at radius 2 is 1.96 bits per heavy atom. The first-order valence-corrected chi connectivity index (χ1v) is 8.05. The second-order valence-electron chi connectivity index (χ2n) is 4.86. The van der Waals surface area contributed by atoms with Gasteiger partial charge in [0.05, 0.1) is 18.4 Å². The standard InChI is InChI=1S/C17H15FO4S/c1-20-15-4-2-11(18)8-13(15)14(19)10-23-12-3-5-16-17(9-12)22-7-6-21-16/h2-5,8-9H,6-7,10H2,1H3. The molecule has 0 aliphatic carbocycles. The normalized spacial score (nSPS) is 12.8. The van der Waals surface area contributed by atoms with Crippen molar-refractivity contribution in [1.29, 1.82) is 0 Å². The van der Waals surface area contributed by atoms with Gasteiger partial charge in [-0.25, -0.2) is 4.39 Å². The van der Waals surface area contributed by atoms with Crippen LogP contribution in [0.1, 0.15) is 10.4 Å². The summed E-state index contributed by atoms with van der Waals surface area (Å²) in [6.45, 7) is 1.05. The van der Waals surface area contributed by atoms with Gasteiger partial charge >= 0.3 is 0 Å². The summed E-state index contributed by atoms with van der Waals surface area (Å²) in [5.74, 6) is 1.29. The minimum absolute atomic E-state index is 0.180. The number of carbonyl (C=O) groups is 1. The predicted molar refractivity (Wildman–Crippen MR) is 85.4 cm³/mol. The molecule has 0 radical (unpaired) electrons. The minimum Gasteiger partial charge on any atom is -0.496 e. The van der Waals surface area contributed by atoms with Crippen molar-refractivity contribution in [2.75, 3.05) is 26.1 Å². The van der Waals surface area contributed by atoms with Gasteiger partial charge in [0, 0.05) is 4.90 Å². The smallest absolute Gasteiger partial charge is 0.176 e. The van der Waals surface area contributed by atoms with Gasteiger partial charge in [-0.05, 0) is 36.4 Å². The number of fused-ring (bicyclic) bond motifs is 1. The molecule has 3 rings (SSSR count). The number of carbonyl (C=O) groups excluding carboxylic acids is 1. The van der Waals surface area contributed by atoms with Gasteiger partial charge in [0.25, 0.3) is 0 Å². The Morgan fingerprint density at radius 3 is 2.74 bits per heavy atom. The summed E-state index contributed by atoms with van der Waals surface area (Å²) < 4.78 is 29.4. The topological polar surface area (TPSA) is 44.8 Å². The van der Waals surface area contributed by atoms with Gasteiger partial charge in [0.1, 0.15) is 24.8 Å². The Labute approximate surface area is 137 Å². The first-order valence-electron chi connectivity index (χ1n) is 7.06. The molecule has 0 aromatic heterocycles. The molecule has 23 heavy (non-hydrogen) atoms. The maximum Gasteiger partial charge on any atom is 0.176 e. The van der Waals surface area contributed by atoms with Crippen molar-refractivity contribution in [3.05, 3.63) is 47.8 Å². The molecule has 0 saturated heterocycles. The van der Waals surface area contributed by atoms with Crippen molar-refractivity contribution in [2.24, 2.45) is 0 Å². The molecule has 6 heteroatoms. The third kappa shape index (κ3) is 3.59. The van der Waals surface area contributed by atoms with Crippen molar-refractivity contribution in [3.8, 4) is 17.2 Å². The SMILES string of the molecule is COc1ccc(F)cc1C(=O)CSc1ccc2c(c1)OCCO2. The molecule has 1 aliphatic rings. The average molecular weight is 334 g/mol. The van der Waals surface area contributed by atoms with Crippen molar-refractivity contribution in [2.45, 2.75) is 4.90 Å².